The highest BCUT2D eigenvalue weighted by molar-refractivity contribution is 6.23. The lowest BCUT2D eigenvalue weighted by atomic mass is 9.79. The normalized spacial score (nSPS) is 12.8. The van der Waals surface area contributed by atoms with Gasteiger partial charge in [0, 0.05) is 23.4 Å². The Bertz CT molecular complexity index is 1490. The van der Waals surface area contributed by atoms with Crippen LogP contribution in [0.2, 0.25) is 0 Å². The number of fused-ring (bicyclic) bond motifs is 6. The van der Waals surface area contributed by atoms with Gasteiger partial charge < -0.3 is 4.57 Å². The molecule has 5 rings (SSSR count). The van der Waals surface area contributed by atoms with Gasteiger partial charge in [-0.3, -0.25) is 0 Å². The summed E-state index contributed by atoms with van der Waals surface area (Å²) in [5, 5.41) is 5.02. The molecule has 0 radical (unpaired) electrons. The zero-order valence-corrected chi connectivity index (χ0v) is 20.2. The number of nitrogens with zero attached hydrogens (tertiary/aromatic N) is 2. The van der Waals surface area contributed by atoms with Gasteiger partial charge >= 0.3 is 0 Å². The Balaban J connectivity index is 1.94. The number of hydrogen-bond acceptors (Lipinski definition) is 1. The van der Waals surface area contributed by atoms with Crippen molar-refractivity contribution in [2.75, 3.05) is 0 Å². The minimum atomic E-state index is 0.0218. The van der Waals surface area contributed by atoms with E-state index in [0.29, 0.717) is 0 Å². The van der Waals surface area contributed by atoms with E-state index in [-0.39, 0.29) is 10.8 Å². The Labute approximate surface area is 190 Å². The molecule has 5 aromatic rings. The van der Waals surface area contributed by atoms with E-state index >= 15 is 0 Å². The second-order valence-electron chi connectivity index (χ2n) is 11.0. The lowest BCUT2D eigenvalue weighted by molar-refractivity contribution is 0.577. The molecule has 162 valence electrons. The minimum absolute atomic E-state index is 0.0218. The minimum Gasteiger partial charge on any atom is -0.327 e. The molecule has 1 heterocycles. The quantitative estimate of drug-likeness (QED) is 0.250. The smallest absolute Gasteiger partial charge is 0.141 e. The number of aromatic nitrogens is 2. The van der Waals surface area contributed by atoms with Crippen molar-refractivity contribution in [3.63, 3.8) is 0 Å². The van der Waals surface area contributed by atoms with Gasteiger partial charge in [-0.25, -0.2) is 4.98 Å². The van der Waals surface area contributed by atoms with E-state index in [2.05, 4.69) is 120 Å². The standard InChI is InChI=1S/C30H32N2/c1-29(2,3)19-16-17-25(30(4,5)6)24(18-19)28-31-26-22-14-10-8-12-20(22)21-13-9-11-15-23(21)27(26)32(28)7/h8-18H,1-7H3. The predicted octanol–water partition coefficient (Wildman–Crippen LogP) is 8.14. The molecule has 0 aliphatic heterocycles. The van der Waals surface area contributed by atoms with Crippen LogP contribution in [0.1, 0.15) is 52.7 Å². The third-order valence-corrected chi connectivity index (χ3v) is 6.68. The van der Waals surface area contributed by atoms with Crippen LogP contribution in [0.5, 0.6) is 0 Å². The van der Waals surface area contributed by atoms with Crippen LogP contribution >= 0.6 is 0 Å². The molecule has 4 aromatic carbocycles. The van der Waals surface area contributed by atoms with E-state index in [1.807, 2.05) is 0 Å². The van der Waals surface area contributed by atoms with Gasteiger partial charge in [-0.15, -0.1) is 0 Å². The molecule has 2 heteroatoms. The maximum atomic E-state index is 5.32. The Kier molecular flexibility index (Phi) is 4.50. The largest absolute Gasteiger partial charge is 0.327 e. The summed E-state index contributed by atoms with van der Waals surface area (Å²) in [6.45, 7) is 13.7. The molecule has 0 saturated heterocycles. The Morgan fingerprint density at radius 2 is 1.22 bits per heavy atom. The second kappa shape index (κ2) is 6.93. The summed E-state index contributed by atoms with van der Waals surface area (Å²) < 4.78 is 2.31. The third kappa shape index (κ3) is 3.12. The third-order valence-electron chi connectivity index (χ3n) is 6.68. The molecule has 0 spiro atoms. The van der Waals surface area contributed by atoms with E-state index in [4.69, 9.17) is 4.98 Å². The van der Waals surface area contributed by atoms with Crippen molar-refractivity contribution in [2.24, 2.45) is 7.05 Å². The van der Waals surface area contributed by atoms with Crippen LogP contribution in [-0.4, -0.2) is 9.55 Å². The van der Waals surface area contributed by atoms with Crippen LogP contribution in [0.4, 0.5) is 0 Å². The van der Waals surface area contributed by atoms with E-state index in [1.165, 1.54) is 43.8 Å². The van der Waals surface area contributed by atoms with Crippen LogP contribution in [0.15, 0.2) is 66.7 Å². The highest BCUT2D eigenvalue weighted by Gasteiger charge is 2.25. The monoisotopic (exact) mass is 420 g/mol. The molecule has 0 aliphatic rings. The number of benzene rings is 4. The fraction of sp³-hybridized carbons (Fsp3) is 0.300. The molecule has 32 heavy (non-hydrogen) atoms. The number of rotatable bonds is 1. The summed E-state index contributed by atoms with van der Waals surface area (Å²) in [4.78, 5) is 5.32. The molecule has 0 bridgehead atoms. The van der Waals surface area contributed by atoms with Crippen molar-refractivity contribution in [1.82, 2.24) is 9.55 Å². The molecular formula is C30H32N2. The van der Waals surface area contributed by atoms with Crippen LogP contribution in [-0.2, 0) is 17.9 Å². The van der Waals surface area contributed by atoms with Crippen molar-refractivity contribution >= 4 is 32.6 Å². The van der Waals surface area contributed by atoms with Gasteiger partial charge in [0.25, 0.3) is 0 Å². The van der Waals surface area contributed by atoms with Crippen LogP contribution < -0.4 is 0 Å². The van der Waals surface area contributed by atoms with Crippen LogP contribution in [0.3, 0.4) is 0 Å². The van der Waals surface area contributed by atoms with Crippen molar-refractivity contribution in [3.05, 3.63) is 77.9 Å². The Hall–Kier alpha value is -3.13. The summed E-state index contributed by atoms with van der Waals surface area (Å²) in [7, 11) is 2.17. The predicted molar refractivity (Wildman–Crippen MR) is 139 cm³/mol. The maximum absolute atomic E-state index is 5.32. The van der Waals surface area contributed by atoms with Gasteiger partial charge in [0.1, 0.15) is 5.82 Å². The highest BCUT2D eigenvalue weighted by Crippen LogP contribution is 2.40. The lowest BCUT2D eigenvalue weighted by Gasteiger charge is -2.26. The molecule has 2 nitrogen and oxygen atoms in total. The summed E-state index contributed by atoms with van der Waals surface area (Å²) in [6.07, 6.45) is 0. The summed E-state index contributed by atoms with van der Waals surface area (Å²) in [5.41, 5.74) is 6.29. The van der Waals surface area contributed by atoms with Gasteiger partial charge in [-0.2, -0.15) is 0 Å². The first kappa shape index (κ1) is 20.8. The molecule has 0 aliphatic carbocycles. The molecule has 0 atom stereocenters. The number of aryl methyl sites for hydroxylation is 1. The zero-order valence-electron chi connectivity index (χ0n) is 20.2. The molecule has 0 saturated carbocycles. The lowest BCUT2D eigenvalue weighted by Crippen LogP contribution is -2.17. The summed E-state index contributed by atoms with van der Waals surface area (Å²) >= 11 is 0. The van der Waals surface area contributed by atoms with Crippen LogP contribution in [0, 0.1) is 0 Å². The molecule has 1 aromatic heterocycles. The molecular weight excluding hydrogens is 388 g/mol. The maximum Gasteiger partial charge on any atom is 0.141 e. The van der Waals surface area contributed by atoms with Crippen molar-refractivity contribution in [1.29, 1.82) is 0 Å². The highest BCUT2D eigenvalue weighted by atomic mass is 15.1. The Morgan fingerprint density at radius 1 is 0.656 bits per heavy atom. The van der Waals surface area contributed by atoms with Crippen LogP contribution in [0.25, 0.3) is 44.0 Å². The first-order valence-corrected chi connectivity index (χ1v) is 11.5. The Morgan fingerprint density at radius 3 is 1.81 bits per heavy atom. The van der Waals surface area contributed by atoms with E-state index in [0.717, 1.165) is 11.3 Å². The van der Waals surface area contributed by atoms with Crippen molar-refractivity contribution in [3.8, 4) is 11.4 Å². The van der Waals surface area contributed by atoms with Crippen molar-refractivity contribution in [2.45, 2.75) is 52.4 Å². The average molecular weight is 421 g/mol. The summed E-state index contributed by atoms with van der Waals surface area (Å²) in [5.74, 6) is 1.04. The first-order valence-electron chi connectivity index (χ1n) is 11.5. The first-order chi connectivity index (χ1) is 15.1. The van der Waals surface area contributed by atoms with Gasteiger partial charge in [0.2, 0.25) is 0 Å². The van der Waals surface area contributed by atoms with Gasteiger partial charge in [0.05, 0.1) is 11.0 Å². The molecule has 0 N–H and O–H groups in total. The second-order valence-corrected chi connectivity index (χ2v) is 11.0. The number of hydrogen-bond donors (Lipinski definition) is 0. The number of imidazole rings is 1. The molecule has 0 amide bonds. The topological polar surface area (TPSA) is 17.8 Å². The van der Waals surface area contributed by atoms with E-state index in [1.54, 1.807) is 0 Å². The van der Waals surface area contributed by atoms with Crippen molar-refractivity contribution < 1.29 is 0 Å². The molecule has 0 fully saturated rings. The van der Waals surface area contributed by atoms with Gasteiger partial charge in [0.15, 0.2) is 0 Å². The SMILES string of the molecule is Cn1c(-c2cc(C(C)(C)C)ccc2C(C)(C)C)nc2c3ccccc3c3ccccc3c21. The van der Waals surface area contributed by atoms with E-state index < -0.39 is 0 Å². The fourth-order valence-corrected chi connectivity index (χ4v) is 4.93. The fourth-order valence-electron chi connectivity index (χ4n) is 4.93. The summed E-state index contributed by atoms with van der Waals surface area (Å²) in [6, 6.07) is 24.3. The van der Waals surface area contributed by atoms with Gasteiger partial charge in [-0.1, -0.05) is 102 Å². The zero-order chi connectivity index (χ0) is 22.8. The molecule has 0 unspecified atom stereocenters. The van der Waals surface area contributed by atoms with E-state index in [9.17, 15) is 0 Å². The van der Waals surface area contributed by atoms with Gasteiger partial charge in [-0.05, 0) is 38.8 Å². The average Bonchev–Trinajstić information content (AvgIpc) is 3.10.